The minimum Gasteiger partial charge on any atom is -0.481 e. The molecule has 4 nitrogen and oxygen atoms in total. The number of aliphatic imine (C=N–C) groups is 2. The van der Waals surface area contributed by atoms with E-state index in [2.05, 4.69) is 22.1 Å². The molecule has 21 heavy (non-hydrogen) atoms. The summed E-state index contributed by atoms with van der Waals surface area (Å²) in [6.45, 7) is 2.42. The van der Waals surface area contributed by atoms with Gasteiger partial charge < -0.3 is 9.47 Å². The van der Waals surface area contributed by atoms with Crippen molar-refractivity contribution in [3.05, 3.63) is 35.9 Å². The first kappa shape index (κ1) is 14.1. The lowest BCUT2D eigenvalue weighted by atomic mass is 10.1. The molecule has 2 heterocycles. The third kappa shape index (κ3) is 4.06. The average Bonchev–Trinajstić information content (AvgIpc) is 3.02. The highest BCUT2D eigenvalue weighted by molar-refractivity contribution is 5.78. The fraction of sp³-hybridized carbons (Fsp3) is 0.529. The predicted octanol–water partition coefficient (Wildman–Crippen LogP) is 3.54. The fourth-order valence-corrected chi connectivity index (χ4v) is 2.61. The molecular weight excluding hydrogens is 264 g/mol. The number of hydrogen-bond acceptors (Lipinski definition) is 4. The summed E-state index contributed by atoms with van der Waals surface area (Å²) in [5.74, 6) is 1.83. The standard InChI is InChI=1S/C17H22N2O2/c1-2-7-14(8-3-1)15-13-21-17(19-15)10-5-4-9-16-18-11-6-12-20-16/h1-3,7-8,15H,4-6,9-13H2. The summed E-state index contributed by atoms with van der Waals surface area (Å²) < 4.78 is 11.2. The molecule has 112 valence electrons. The quantitative estimate of drug-likeness (QED) is 0.751. The van der Waals surface area contributed by atoms with E-state index in [4.69, 9.17) is 9.47 Å². The fourth-order valence-electron chi connectivity index (χ4n) is 2.61. The molecule has 1 aromatic rings. The molecule has 2 aliphatic heterocycles. The molecule has 0 aliphatic carbocycles. The van der Waals surface area contributed by atoms with Gasteiger partial charge in [-0.05, 0) is 18.4 Å². The van der Waals surface area contributed by atoms with Crippen LogP contribution in [0, 0.1) is 0 Å². The first-order valence-electron chi connectivity index (χ1n) is 7.82. The predicted molar refractivity (Wildman–Crippen MR) is 83.9 cm³/mol. The molecule has 0 fully saturated rings. The van der Waals surface area contributed by atoms with Gasteiger partial charge in [0, 0.05) is 25.8 Å². The first-order chi connectivity index (χ1) is 10.4. The number of ether oxygens (including phenoxy) is 2. The van der Waals surface area contributed by atoms with Gasteiger partial charge >= 0.3 is 0 Å². The highest BCUT2D eigenvalue weighted by Crippen LogP contribution is 2.24. The van der Waals surface area contributed by atoms with Crippen molar-refractivity contribution in [2.45, 2.75) is 38.1 Å². The minimum absolute atomic E-state index is 0.173. The summed E-state index contributed by atoms with van der Waals surface area (Å²) in [5, 5.41) is 0. The van der Waals surface area contributed by atoms with Gasteiger partial charge in [-0.25, -0.2) is 4.99 Å². The molecule has 0 bridgehead atoms. The third-order valence-corrected chi connectivity index (χ3v) is 3.78. The van der Waals surface area contributed by atoms with E-state index >= 15 is 0 Å². The molecule has 4 heteroatoms. The third-order valence-electron chi connectivity index (χ3n) is 3.78. The topological polar surface area (TPSA) is 43.2 Å². The Morgan fingerprint density at radius 2 is 1.81 bits per heavy atom. The molecule has 1 aromatic carbocycles. The van der Waals surface area contributed by atoms with Crippen molar-refractivity contribution < 1.29 is 9.47 Å². The van der Waals surface area contributed by atoms with E-state index < -0.39 is 0 Å². The number of nitrogens with zero attached hydrogens (tertiary/aromatic N) is 2. The van der Waals surface area contributed by atoms with E-state index in [9.17, 15) is 0 Å². The van der Waals surface area contributed by atoms with Gasteiger partial charge in [-0.2, -0.15) is 0 Å². The molecule has 1 atom stereocenters. The van der Waals surface area contributed by atoms with Crippen molar-refractivity contribution in [2.75, 3.05) is 19.8 Å². The van der Waals surface area contributed by atoms with Gasteiger partial charge in [0.15, 0.2) is 11.8 Å². The second-order valence-corrected chi connectivity index (χ2v) is 5.44. The van der Waals surface area contributed by atoms with E-state index in [1.165, 1.54) is 5.56 Å². The first-order valence-corrected chi connectivity index (χ1v) is 7.82. The van der Waals surface area contributed by atoms with E-state index in [1.807, 2.05) is 18.2 Å². The maximum Gasteiger partial charge on any atom is 0.184 e. The molecule has 0 amide bonds. The van der Waals surface area contributed by atoms with Gasteiger partial charge in [0.05, 0.1) is 6.61 Å². The Bertz CT molecular complexity index is 511. The summed E-state index contributed by atoms with van der Waals surface area (Å²) in [4.78, 5) is 9.06. The van der Waals surface area contributed by atoms with Crippen molar-refractivity contribution in [1.82, 2.24) is 0 Å². The van der Waals surface area contributed by atoms with E-state index in [-0.39, 0.29) is 6.04 Å². The van der Waals surface area contributed by atoms with Crippen molar-refractivity contribution in [2.24, 2.45) is 9.98 Å². The Morgan fingerprint density at radius 1 is 1.00 bits per heavy atom. The zero-order chi connectivity index (χ0) is 14.3. The summed E-state index contributed by atoms with van der Waals surface area (Å²) in [6.07, 6.45) is 5.06. The maximum absolute atomic E-state index is 5.70. The Morgan fingerprint density at radius 3 is 2.57 bits per heavy atom. The molecule has 2 aliphatic rings. The van der Waals surface area contributed by atoms with Crippen molar-refractivity contribution in [3.63, 3.8) is 0 Å². The molecule has 0 N–H and O–H groups in total. The lowest BCUT2D eigenvalue weighted by molar-refractivity contribution is 0.272. The summed E-state index contributed by atoms with van der Waals surface area (Å²) >= 11 is 0. The summed E-state index contributed by atoms with van der Waals surface area (Å²) in [5.41, 5.74) is 1.23. The monoisotopic (exact) mass is 286 g/mol. The lowest BCUT2D eigenvalue weighted by Gasteiger charge is -2.13. The SMILES string of the molecule is c1ccc(C2COC(CCCCC3=NCCCO3)=N2)cc1. The highest BCUT2D eigenvalue weighted by atomic mass is 16.5. The Kier molecular flexibility index (Phi) is 4.87. The molecular formula is C17H22N2O2. The number of hydrogen-bond donors (Lipinski definition) is 0. The van der Waals surface area contributed by atoms with Crippen molar-refractivity contribution in [3.8, 4) is 0 Å². The minimum atomic E-state index is 0.173. The number of rotatable bonds is 6. The maximum atomic E-state index is 5.70. The van der Waals surface area contributed by atoms with Gasteiger partial charge in [0.2, 0.25) is 0 Å². The molecule has 1 unspecified atom stereocenters. The summed E-state index contributed by atoms with van der Waals surface area (Å²) in [7, 11) is 0. The van der Waals surface area contributed by atoms with Crippen LogP contribution < -0.4 is 0 Å². The molecule has 3 rings (SSSR count). The van der Waals surface area contributed by atoms with Crippen LogP contribution in [-0.4, -0.2) is 31.6 Å². The van der Waals surface area contributed by atoms with Gasteiger partial charge in [-0.3, -0.25) is 4.99 Å². The van der Waals surface area contributed by atoms with Gasteiger partial charge in [0.25, 0.3) is 0 Å². The molecule has 0 saturated carbocycles. The van der Waals surface area contributed by atoms with Gasteiger partial charge in [-0.1, -0.05) is 30.3 Å². The Hall–Kier alpha value is -1.84. The largest absolute Gasteiger partial charge is 0.481 e. The normalized spacial score (nSPS) is 21.2. The second-order valence-electron chi connectivity index (χ2n) is 5.44. The van der Waals surface area contributed by atoms with Crippen LogP contribution in [0.15, 0.2) is 40.3 Å². The van der Waals surface area contributed by atoms with E-state index in [0.717, 1.165) is 57.1 Å². The molecule has 0 spiro atoms. The van der Waals surface area contributed by atoms with E-state index in [1.54, 1.807) is 0 Å². The molecule has 0 aromatic heterocycles. The van der Waals surface area contributed by atoms with Gasteiger partial charge in [-0.15, -0.1) is 0 Å². The zero-order valence-electron chi connectivity index (χ0n) is 12.3. The smallest absolute Gasteiger partial charge is 0.184 e. The lowest BCUT2D eigenvalue weighted by Crippen LogP contribution is -2.13. The van der Waals surface area contributed by atoms with Crippen LogP contribution in [0.5, 0.6) is 0 Å². The van der Waals surface area contributed by atoms with Crippen LogP contribution >= 0.6 is 0 Å². The zero-order valence-corrected chi connectivity index (χ0v) is 12.3. The van der Waals surface area contributed by atoms with Crippen molar-refractivity contribution in [1.29, 1.82) is 0 Å². The number of unbranched alkanes of at least 4 members (excludes halogenated alkanes) is 1. The summed E-state index contributed by atoms with van der Waals surface area (Å²) in [6, 6.07) is 10.5. The van der Waals surface area contributed by atoms with E-state index in [0.29, 0.717) is 6.61 Å². The Balaban J connectivity index is 1.41. The van der Waals surface area contributed by atoms with Crippen LogP contribution in [0.3, 0.4) is 0 Å². The molecule has 0 radical (unpaired) electrons. The van der Waals surface area contributed by atoms with Crippen LogP contribution in [0.1, 0.15) is 43.7 Å². The second kappa shape index (κ2) is 7.25. The average molecular weight is 286 g/mol. The molecule has 0 saturated heterocycles. The highest BCUT2D eigenvalue weighted by Gasteiger charge is 2.19. The van der Waals surface area contributed by atoms with Crippen LogP contribution in [0.25, 0.3) is 0 Å². The van der Waals surface area contributed by atoms with Crippen LogP contribution in [0.2, 0.25) is 0 Å². The Labute approximate surface area is 125 Å². The van der Waals surface area contributed by atoms with Crippen LogP contribution in [0.4, 0.5) is 0 Å². The van der Waals surface area contributed by atoms with Crippen LogP contribution in [-0.2, 0) is 9.47 Å². The number of benzene rings is 1. The van der Waals surface area contributed by atoms with Gasteiger partial charge in [0.1, 0.15) is 12.6 Å². The van der Waals surface area contributed by atoms with Crippen molar-refractivity contribution >= 4 is 11.8 Å².